The lowest BCUT2D eigenvalue weighted by molar-refractivity contribution is 0.169. The van der Waals surface area contributed by atoms with Crippen molar-refractivity contribution >= 4 is 0 Å². The van der Waals surface area contributed by atoms with Crippen LogP contribution in [0.3, 0.4) is 0 Å². The van der Waals surface area contributed by atoms with Crippen molar-refractivity contribution in [3.05, 3.63) is 71.8 Å². The third-order valence-corrected chi connectivity index (χ3v) is 4.49. The summed E-state index contributed by atoms with van der Waals surface area (Å²) in [6.07, 6.45) is 3.94. The monoisotopic (exact) mass is 294 g/mol. The van der Waals surface area contributed by atoms with Gasteiger partial charge in [-0.25, -0.2) is 0 Å². The maximum atomic E-state index is 3.61. The van der Waals surface area contributed by atoms with Gasteiger partial charge in [0.1, 0.15) is 0 Å². The minimum absolute atomic E-state index is 0.628. The minimum atomic E-state index is 0.628. The average Bonchev–Trinajstić information content (AvgIpc) is 2.85. The Bertz CT molecular complexity index is 489. The van der Waals surface area contributed by atoms with Crippen molar-refractivity contribution in [3.8, 4) is 0 Å². The second-order valence-electron chi connectivity index (χ2n) is 6.23. The highest BCUT2D eigenvalue weighted by Crippen LogP contribution is 2.18. The summed E-state index contributed by atoms with van der Waals surface area (Å²) >= 11 is 0. The fraction of sp³-hybridized carbons (Fsp3) is 0.400. The quantitative estimate of drug-likeness (QED) is 0.901. The van der Waals surface area contributed by atoms with Gasteiger partial charge in [-0.3, -0.25) is 4.90 Å². The van der Waals surface area contributed by atoms with Crippen LogP contribution in [0.15, 0.2) is 60.7 Å². The topological polar surface area (TPSA) is 15.3 Å². The maximum absolute atomic E-state index is 3.61. The second-order valence-corrected chi connectivity index (χ2v) is 6.23. The highest BCUT2D eigenvalue weighted by molar-refractivity contribution is 5.17. The lowest BCUT2D eigenvalue weighted by Gasteiger charge is -2.31. The molecule has 2 nitrogen and oxygen atoms in total. The van der Waals surface area contributed by atoms with Crippen LogP contribution in [0.2, 0.25) is 0 Å². The first-order valence-electron chi connectivity index (χ1n) is 8.44. The van der Waals surface area contributed by atoms with Gasteiger partial charge in [-0.15, -0.1) is 0 Å². The fourth-order valence-electron chi connectivity index (χ4n) is 3.26. The molecule has 0 saturated carbocycles. The first kappa shape index (κ1) is 15.3. The third kappa shape index (κ3) is 4.43. The van der Waals surface area contributed by atoms with Crippen LogP contribution in [0.25, 0.3) is 0 Å². The Kier molecular flexibility index (Phi) is 5.63. The van der Waals surface area contributed by atoms with Gasteiger partial charge < -0.3 is 5.32 Å². The molecule has 1 N–H and O–H groups in total. The Morgan fingerprint density at radius 2 is 1.41 bits per heavy atom. The molecule has 22 heavy (non-hydrogen) atoms. The molecule has 1 fully saturated rings. The van der Waals surface area contributed by atoms with Crippen LogP contribution in [-0.2, 0) is 13.1 Å². The van der Waals surface area contributed by atoms with Crippen LogP contribution in [0.5, 0.6) is 0 Å². The van der Waals surface area contributed by atoms with Gasteiger partial charge >= 0.3 is 0 Å². The van der Waals surface area contributed by atoms with E-state index in [0.717, 1.165) is 19.6 Å². The van der Waals surface area contributed by atoms with Gasteiger partial charge in [0.25, 0.3) is 0 Å². The molecule has 0 bridgehead atoms. The van der Waals surface area contributed by atoms with Gasteiger partial charge in [-0.2, -0.15) is 0 Å². The summed E-state index contributed by atoms with van der Waals surface area (Å²) in [5.74, 6) is 0. The predicted molar refractivity (Wildman–Crippen MR) is 92.6 cm³/mol. The molecular formula is C20H26N2. The van der Waals surface area contributed by atoms with Crippen molar-refractivity contribution in [1.82, 2.24) is 10.2 Å². The van der Waals surface area contributed by atoms with Gasteiger partial charge in [-0.1, -0.05) is 67.1 Å². The molecule has 0 aliphatic carbocycles. The molecule has 1 heterocycles. The van der Waals surface area contributed by atoms with Crippen molar-refractivity contribution in [2.45, 2.75) is 38.4 Å². The molecule has 1 aliphatic rings. The Balaban J connectivity index is 1.74. The first-order valence-corrected chi connectivity index (χ1v) is 8.44. The summed E-state index contributed by atoms with van der Waals surface area (Å²) in [4.78, 5) is 2.64. The zero-order valence-electron chi connectivity index (χ0n) is 13.2. The molecule has 0 radical (unpaired) electrons. The van der Waals surface area contributed by atoms with Crippen LogP contribution in [0.4, 0.5) is 0 Å². The Hall–Kier alpha value is -1.64. The number of rotatable bonds is 5. The highest BCUT2D eigenvalue weighted by atomic mass is 15.2. The van der Waals surface area contributed by atoms with Gasteiger partial charge in [0.15, 0.2) is 0 Å². The molecule has 116 valence electrons. The predicted octanol–water partition coefficient (Wildman–Crippen LogP) is 3.83. The van der Waals surface area contributed by atoms with Crippen LogP contribution in [0.1, 0.15) is 30.4 Å². The molecule has 1 saturated heterocycles. The standard InChI is InChI=1S/C20H26N2/c1-3-9-18(10-4-1)16-22(17-19-11-5-2-6-12-19)20-13-7-8-14-21-15-20/h1-6,9-12,20-21H,7-8,13-17H2. The first-order chi connectivity index (χ1) is 10.9. The van der Waals surface area contributed by atoms with E-state index < -0.39 is 0 Å². The molecule has 2 aromatic carbocycles. The second kappa shape index (κ2) is 8.11. The van der Waals surface area contributed by atoms with E-state index in [9.17, 15) is 0 Å². The number of hydrogen-bond acceptors (Lipinski definition) is 2. The summed E-state index contributed by atoms with van der Waals surface area (Å²) in [6.45, 7) is 4.34. The molecule has 1 unspecified atom stereocenters. The van der Waals surface area contributed by atoms with Crippen molar-refractivity contribution in [2.75, 3.05) is 13.1 Å². The van der Waals surface area contributed by atoms with Crippen molar-refractivity contribution in [2.24, 2.45) is 0 Å². The van der Waals surface area contributed by atoms with Crippen LogP contribution >= 0.6 is 0 Å². The zero-order valence-corrected chi connectivity index (χ0v) is 13.2. The molecular weight excluding hydrogens is 268 g/mol. The van der Waals surface area contributed by atoms with Gasteiger partial charge in [0.05, 0.1) is 0 Å². The molecule has 2 aromatic rings. The molecule has 2 heteroatoms. The van der Waals surface area contributed by atoms with Gasteiger partial charge in [0, 0.05) is 25.7 Å². The van der Waals surface area contributed by atoms with Crippen LogP contribution in [0, 0.1) is 0 Å². The molecule has 0 aromatic heterocycles. The number of nitrogens with one attached hydrogen (secondary N) is 1. The fourth-order valence-corrected chi connectivity index (χ4v) is 3.26. The Morgan fingerprint density at radius 3 is 2.00 bits per heavy atom. The van der Waals surface area contributed by atoms with E-state index in [-0.39, 0.29) is 0 Å². The lowest BCUT2D eigenvalue weighted by Crippen LogP contribution is -2.40. The zero-order chi connectivity index (χ0) is 15.0. The van der Waals surface area contributed by atoms with Crippen molar-refractivity contribution in [1.29, 1.82) is 0 Å². The smallest absolute Gasteiger partial charge is 0.0240 e. The number of hydrogen-bond donors (Lipinski definition) is 1. The van der Waals surface area contributed by atoms with E-state index in [1.807, 2.05) is 0 Å². The number of nitrogens with zero attached hydrogens (tertiary/aromatic N) is 1. The summed E-state index contributed by atoms with van der Waals surface area (Å²) < 4.78 is 0. The van der Waals surface area contributed by atoms with Gasteiger partial charge in [-0.05, 0) is 30.5 Å². The molecule has 1 aliphatic heterocycles. The van der Waals surface area contributed by atoms with Crippen LogP contribution < -0.4 is 5.32 Å². The van der Waals surface area contributed by atoms with E-state index in [0.29, 0.717) is 6.04 Å². The van der Waals surface area contributed by atoms with E-state index >= 15 is 0 Å². The average molecular weight is 294 g/mol. The van der Waals surface area contributed by atoms with Crippen molar-refractivity contribution in [3.63, 3.8) is 0 Å². The molecule has 1 atom stereocenters. The Morgan fingerprint density at radius 1 is 0.818 bits per heavy atom. The van der Waals surface area contributed by atoms with Gasteiger partial charge in [0.2, 0.25) is 0 Å². The van der Waals surface area contributed by atoms with E-state index in [1.165, 1.54) is 36.9 Å². The number of benzene rings is 2. The lowest BCUT2D eigenvalue weighted by atomic mass is 10.1. The maximum Gasteiger partial charge on any atom is 0.0240 e. The largest absolute Gasteiger partial charge is 0.315 e. The van der Waals surface area contributed by atoms with E-state index in [2.05, 4.69) is 70.9 Å². The van der Waals surface area contributed by atoms with E-state index in [1.54, 1.807) is 0 Å². The summed E-state index contributed by atoms with van der Waals surface area (Å²) in [5, 5.41) is 3.61. The minimum Gasteiger partial charge on any atom is -0.315 e. The van der Waals surface area contributed by atoms with Crippen molar-refractivity contribution < 1.29 is 0 Å². The van der Waals surface area contributed by atoms with Crippen LogP contribution in [-0.4, -0.2) is 24.0 Å². The molecule has 0 spiro atoms. The third-order valence-electron chi connectivity index (χ3n) is 4.49. The summed E-state index contributed by atoms with van der Waals surface area (Å²) in [5.41, 5.74) is 2.81. The molecule has 0 amide bonds. The molecule has 3 rings (SSSR count). The summed E-state index contributed by atoms with van der Waals surface area (Å²) in [7, 11) is 0. The Labute approximate surface area is 134 Å². The summed E-state index contributed by atoms with van der Waals surface area (Å²) in [6, 6.07) is 22.3. The highest BCUT2D eigenvalue weighted by Gasteiger charge is 2.20. The van der Waals surface area contributed by atoms with E-state index in [4.69, 9.17) is 0 Å². The SMILES string of the molecule is c1ccc(CN(Cc2ccccc2)C2CCCCNC2)cc1. The normalized spacial score (nSPS) is 19.0.